The standard InChI is InChI=1S/C23H27N5O2.HI/c1-16-12-17(2)28(27-16)20-7-5-4-6-19(20)14-26-23(24-3)25-11-10-18-8-9-21-22(13-18)30-15-29-21;/h4-9,12-13H,10-11,14-15H2,1-3H3,(H2,24,25,26);1H. The second kappa shape index (κ2) is 10.5. The molecule has 8 heteroatoms. The zero-order valence-electron chi connectivity index (χ0n) is 18.0. The first-order valence-corrected chi connectivity index (χ1v) is 10.1. The molecular formula is C23H28IN5O2. The molecule has 0 atom stereocenters. The zero-order chi connectivity index (χ0) is 20.9. The van der Waals surface area contributed by atoms with Gasteiger partial charge in [-0.3, -0.25) is 4.99 Å². The second-order valence-electron chi connectivity index (χ2n) is 7.26. The fourth-order valence-corrected chi connectivity index (χ4v) is 3.56. The average Bonchev–Trinajstić information content (AvgIpc) is 3.35. The van der Waals surface area contributed by atoms with Crippen LogP contribution >= 0.6 is 24.0 Å². The number of aliphatic imine (C=N–C) groups is 1. The Bertz CT molecular complexity index is 1060. The van der Waals surface area contributed by atoms with Gasteiger partial charge in [-0.1, -0.05) is 24.3 Å². The minimum absolute atomic E-state index is 0. The Morgan fingerprint density at radius 3 is 2.65 bits per heavy atom. The van der Waals surface area contributed by atoms with Gasteiger partial charge in [0.25, 0.3) is 0 Å². The van der Waals surface area contributed by atoms with Crippen LogP contribution in [0.2, 0.25) is 0 Å². The molecule has 2 aromatic carbocycles. The zero-order valence-corrected chi connectivity index (χ0v) is 20.3. The van der Waals surface area contributed by atoms with E-state index in [1.54, 1.807) is 7.05 Å². The largest absolute Gasteiger partial charge is 0.454 e. The van der Waals surface area contributed by atoms with Gasteiger partial charge in [-0.25, -0.2) is 4.68 Å². The summed E-state index contributed by atoms with van der Waals surface area (Å²) in [6.07, 6.45) is 0.861. The number of para-hydroxylation sites is 1. The molecule has 0 unspecified atom stereocenters. The number of hydrogen-bond acceptors (Lipinski definition) is 4. The number of halogens is 1. The maximum Gasteiger partial charge on any atom is 0.231 e. The number of benzene rings is 2. The number of nitrogens with zero attached hydrogens (tertiary/aromatic N) is 3. The number of aryl methyl sites for hydroxylation is 2. The predicted molar refractivity (Wildman–Crippen MR) is 133 cm³/mol. The van der Waals surface area contributed by atoms with Gasteiger partial charge in [-0.2, -0.15) is 5.10 Å². The Balaban J connectivity index is 0.00000272. The van der Waals surface area contributed by atoms with Crippen molar-refractivity contribution < 1.29 is 9.47 Å². The molecule has 0 amide bonds. The third-order valence-corrected chi connectivity index (χ3v) is 5.04. The maximum atomic E-state index is 5.45. The van der Waals surface area contributed by atoms with Crippen molar-refractivity contribution in [2.45, 2.75) is 26.8 Å². The molecular weight excluding hydrogens is 505 g/mol. The molecule has 2 N–H and O–H groups in total. The molecule has 1 aliphatic rings. The van der Waals surface area contributed by atoms with Gasteiger partial charge in [0.15, 0.2) is 17.5 Å². The molecule has 7 nitrogen and oxygen atoms in total. The first-order chi connectivity index (χ1) is 14.6. The Morgan fingerprint density at radius 1 is 1.06 bits per heavy atom. The van der Waals surface area contributed by atoms with Crippen LogP contribution in [0.4, 0.5) is 0 Å². The highest BCUT2D eigenvalue weighted by Gasteiger charge is 2.13. The highest BCUT2D eigenvalue weighted by Crippen LogP contribution is 2.32. The number of aromatic nitrogens is 2. The van der Waals surface area contributed by atoms with Crippen LogP contribution in [-0.2, 0) is 13.0 Å². The minimum atomic E-state index is 0. The molecule has 3 aromatic rings. The normalized spacial score (nSPS) is 12.4. The molecule has 31 heavy (non-hydrogen) atoms. The highest BCUT2D eigenvalue weighted by molar-refractivity contribution is 14.0. The van der Waals surface area contributed by atoms with Crippen molar-refractivity contribution in [2.75, 3.05) is 20.4 Å². The van der Waals surface area contributed by atoms with Crippen LogP contribution in [0, 0.1) is 13.8 Å². The summed E-state index contributed by atoms with van der Waals surface area (Å²) in [6, 6.07) is 16.4. The highest BCUT2D eigenvalue weighted by atomic mass is 127. The summed E-state index contributed by atoms with van der Waals surface area (Å²) in [5, 5.41) is 11.4. The summed E-state index contributed by atoms with van der Waals surface area (Å²) in [5.41, 5.74) is 5.55. The molecule has 0 spiro atoms. The third-order valence-electron chi connectivity index (χ3n) is 5.04. The molecule has 0 saturated heterocycles. The molecule has 0 radical (unpaired) electrons. The van der Waals surface area contributed by atoms with Crippen molar-refractivity contribution in [3.05, 3.63) is 71.0 Å². The summed E-state index contributed by atoms with van der Waals surface area (Å²) in [7, 11) is 1.78. The number of hydrogen-bond donors (Lipinski definition) is 2. The van der Waals surface area contributed by atoms with Crippen molar-refractivity contribution in [1.82, 2.24) is 20.4 Å². The second-order valence-corrected chi connectivity index (χ2v) is 7.26. The molecule has 0 aliphatic carbocycles. The van der Waals surface area contributed by atoms with Crippen molar-refractivity contribution in [3.63, 3.8) is 0 Å². The molecule has 1 aromatic heterocycles. The molecule has 4 rings (SSSR count). The quantitative estimate of drug-likeness (QED) is 0.287. The molecule has 1 aliphatic heterocycles. The van der Waals surface area contributed by atoms with E-state index in [0.29, 0.717) is 13.3 Å². The van der Waals surface area contributed by atoms with Gasteiger partial charge in [0.05, 0.1) is 11.4 Å². The van der Waals surface area contributed by atoms with Crippen molar-refractivity contribution >= 4 is 29.9 Å². The fourth-order valence-electron chi connectivity index (χ4n) is 3.56. The molecule has 2 heterocycles. The number of guanidine groups is 1. The van der Waals surface area contributed by atoms with Gasteiger partial charge in [-0.05, 0) is 55.7 Å². The van der Waals surface area contributed by atoms with Crippen LogP contribution in [0.3, 0.4) is 0 Å². The van der Waals surface area contributed by atoms with Crippen molar-refractivity contribution in [1.29, 1.82) is 0 Å². The summed E-state index contributed by atoms with van der Waals surface area (Å²) < 4.78 is 12.8. The Kier molecular flexibility index (Phi) is 7.78. The lowest BCUT2D eigenvalue weighted by atomic mass is 10.1. The van der Waals surface area contributed by atoms with Crippen LogP contribution in [-0.4, -0.2) is 36.1 Å². The summed E-state index contributed by atoms with van der Waals surface area (Å²) in [4.78, 5) is 4.34. The van der Waals surface area contributed by atoms with Crippen LogP contribution in [0.25, 0.3) is 5.69 Å². The first kappa shape index (κ1) is 22.9. The lowest BCUT2D eigenvalue weighted by Gasteiger charge is -2.15. The SMILES string of the molecule is CN=C(NCCc1ccc2c(c1)OCO2)NCc1ccccc1-n1nc(C)cc1C.I. The molecule has 0 saturated carbocycles. The summed E-state index contributed by atoms with van der Waals surface area (Å²) in [6.45, 7) is 5.79. The third kappa shape index (κ3) is 5.49. The summed E-state index contributed by atoms with van der Waals surface area (Å²) in [5.74, 6) is 2.39. The minimum Gasteiger partial charge on any atom is -0.454 e. The molecule has 0 fully saturated rings. The number of rotatable bonds is 6. The smallest absolute Gasteiger partial charge is 0.231 e. The maximum absolute atomic E-state index is 5.45. The lowest BCUT2D eigenvalue weighted by Crippen LogP contribution is -2.38. The van der Waals surface area contributed by atoms with E-state index in [1.807, 2.05) is 35.9 Å². The average molecular weight is 533 g/mol. The van der Waals surface area contributed by atoms with Gasteiger partial charge < -0.3 is 20.1 Å². The van der Waals surface area contributed by atoms with Crippen molar-refractivity contribution in [3.8, 4) is 17.2 Å². The molecule has 0 bridgehead atoms. The van der Waals surface area contributed by atoms with Gasteiger partial charge in [0, 0.05) is 25.8 Å². The van der Waals surface area contributed by atoms with E-state index in [-0.39, 0.29) is 24.0 Å². The Morgan fingerprint density at radius 2 is 1.87 bits per heavy atom. The van der Waals surface area contributed by atoms with Crippen LogP contribution in [0.5, 0.6) is 11.5 Å². The van der Waals surface area contributed by atoms with E-state index >= 15 is 0 Å². The van der Waals surface area contributed by atoms with E-state index < -0.39 is 0 Å². The van der Waals surface area contributed by atoms with E-state index in [2.05, 4.69) is 51.9 Å². The topological polar surface area (TPSA) is 72.7 Å². The van der Waals surface area contributed by atoms with Crippen molar-refractivity contribution in [2.24, 2.45) is 4.99 Å². The first-order valence-electron chi connectivity index (χ1n) is 10.1. The fraction of sp³-hybridized carbons (Fsp3) is 0.304. The number of fused-ring (bicyclic) bond motifs is 1. The van der Waals surface area contributed by atoms with E-state index in [9.17, 15) is 0 Å². The van der Waals surface area contributed by atoms with Gasteiger partial charge in [0.1, 0.15) is 0 Å². The number of ether oxygens (including phenoxy) is 2. The predicted octanol–water partition coefficient (Wildman–Crippen LogP) is 3.74. The van der Waals surface area contributed by atoms with Gasteiger partial charge in [-0.15, -0.1) is 24.0 Å². The molecule has 164 valence electrons. The lowest BCUT2D eigenvalue weighted by molar-refractivity contribution is 0.174. The van der Waals surface area contributed by atoms with E-state index in [1.165, 1.54) is 5.56 Å². The number of nitrogens with one attached hydrogen (secondary N) is 2. The summed E-state index contributed by atoms with van der Waals surface area (Å²) >= 11 is 0. The monoisotopic (exact) mass is 533 g/mol. The van der Waals surface area contributed by atoms with E-state index in [0.717, 1.165) is 53.1 Å². The van der Waals surface area contributed by atoms with Crippen LogP contribution in [0.15, 0.2) is 53.5 Å². The van der Waals surface area contributed by atoms with Gasteiger partial charge >= 0.3 is 0 Å². The van der Waals surface area contributed by atoms with Crippen LogP contribution < -0.4 is 20.1 Å². The van der Waals surface area contributed by atoms with Gasteiger partial charge in [0.2, 0.25) is 6.79 Å². The Labute approximate surface area is 199 Å². The Hall–Kier alpha value is -2.75. The van der Waals surface area contributed by atoms with Crippen LogP contribution in [0.1, 0.15) is 22.5 Å². The van der Waals surface area contributed by atoms with E-state index in [4.69, 9.17) is 9.47 Å².